The number of hydrogen-bond donors (Lipinski definition) is 1. The lowest BCUT2D eigenvalue weighted by atomic mass is 10.1. The fourth-order valence-corrected chi connectivity index (χ4v) is 3.40. The van der Waals surface area contributed by atoms with E-state index in [1.54, 1.807) is 0 Å². The Morgan fingerprint density at radius 1 is 1.25 bits per heavy atom. The summed E-state index contributed by atoms with van der Waals surface area (Å²) in [6.07, 6.45) is 3.58. The molecule has 2 fully saturated rings. The molecule has 1 atom stereocenters. The normalized spacial score (nSPS) is 23.4. The molecule has 0 aliphatic carbocycles. The molecule has 2 heterocycles. The predicted molar refractivity (Wildman–Crippen MR) is 79.4 cm³/mol. The van der Waals surface area contributed by atoms with Gasteiger partial charge in [0.25, 0.3) is 5.91 Å². The van der Waals surface area contributed by atoms with Crippen molar-refractivity contribution >= 4 is 5.91 Å². The van der Waals surface area contributed by atoms with Gasteiger partial charge < -0.3 is 10.6 Å². The van der Waals surface area contributed by atoms with Crippen LogP contribution in [-0.2, 0) is 6.54 Å². The Hall–Kier alpha value is -1.39. The van der Waals surface area contributed by atoms with Crippen LogP contribution >= 0.6 is 0 Å². The quantitative estimate of drug-likeness (QED) is 0.887. The third-order valence-corrected chi connectivity index (χ3v) is 4.50. The molecule has 0 saturated carbocycles. The number of fused-ring (bicyclic) bond motifs is 1. The second-order valence-corrected chi connectivity index (χ2v) is 5.84. The second kappa shape index (κ2) is 5.94. The van der Waals surface area contributed by atoms with Crippen LogP contribution in [0.5, 0.6) is 0 Å². The van der Waals surface area contributed by atoms with Gasteiger partial charge in [-0.1, -0.05) is 12.1 Å². The summed E-state index contributed by atoms with van der Waals surface area (Å²) in [6, 6.07) is 8.30. The average molecular weight is 273 g/mol. The molecule has 20 heavy (non-hydrogen) atoms. The minimum atomic E-state index is 0.161. The summed E-state index contributed by atoms with van der Waals surface area (Å²) in [5.41, 5.74) is 7.46. The Balaban J connectivity index is 1.75. The lowest BCUT2D eigenvalue weighted by Gasteiger charge is -2.25. The van der Waals surface area contributed by atoms with Gasteiger partial charge in [0, 0.05) is 37.8 Å². The van der Waals surface area contributed by atoms with E-state index in [2.05, 4.69) is 4.90 Å². The summed E-state index contributed by atoms with van der Waals surface area (Å²) in [6.45, 7) is 4.58. The monoisotopic (exact) mass is 273 g/mol. The van der Waals surface area contributed by atoms with Gasteiger partial charge in [0.2, 0.25) is 0 Å². The zero-order valence-electron chi connectivity index (χ0n) is 11.9. The summed E-state index contributed by atoms with van der Waals surface area (Å²) < 4.78 is 0. The molecule has 0 spiro atoms. The number of benzene rings is 1. The van der Waals surface area contributed by atoms with Crippen LogP contribution in [0.3, 0.4) is 0 Å². The van der Waals surface area contributed by atoms with E-state index in [9.17, 15) is 4.79 Å². The standard InChI is InChI=1S/C16H23N3O/c17-11-13-4-1-5-14(10-13)16(20)19-9-3-8-18-7-2-6-15(18)12-19/h1,4-5,10,15H,2-3,6-9,11-12,17H2. The minimum absolute atomic E-state index is 0.161. The number of carbonyl (C=O) groups excluding carboxylic acids is 1. The highest BCUT2D eigenvalue weighted by Crippen LogP contribution is 2.22. The van der Waals surface area contributed by atoms with Crippen molar-refractivity contribution in [2.45, 2.75) is 31.8 Å². The molecule has 1 unspecified atom stereocenters. The van der Waals surface area contributed by atoms with Gasteiger partial charge in [-0.3, -0.25) is 9.69 Å². The van der Waals surface area contributed by atoms with E-state index >= 15 is 0 Å². The third-order valence-electron chi connectivity index (χ3n) is 4.50. The fraction of sp³-hybridized carbons (Fsp3) is 0.562. The number of carbonyl (C=O) groups is 1. The van der Waals surface area contributed by atoms with Crippen LogP contribution in [-0.4, -0.2) is 47.9 Å². The summed E-state index contributed by atoms with van der Waals surface area (Å²) in [7, 11) is 0. The number of rotatable bonds is 2. The molecule has 4 heteroatoms. The first-order valence-corrected chi connectivity index (χ1v) is 7.60. The Kier molecular flexibility index (Phi) is 4.03. The molecule has 2 saturated heterocycles. The van der Waals surface area contributed by atoms with E-state index in [0.717, 1.165) is 37.2 Å². The van der Waals surface area contributed by atoms with Gasteiger partial charge >= 0.3 is 0 Å². The molecule has 0 aromatic heterocycles. The van der Waals surface area contributed by atoms with Crippen LogP contribution in [0, 0.1) is 0 Å². The first-order valence-electron chi connectivity index (χ1n) is 7.60. The zero-order valence-corrected chi connectivity index (χ0v) is 11.9. The molecule has 1 aromatic rings. The number of nitrogens with two attached hydrogens (primary N) is 1. The van der Waals surface area contributed by atoms with Crippen molar-refractivity contribution in [2.24, 2.45) is 5.73 Å². The topological polar surface area (TPSA) is 49.6 Å². The van der Waals surface area contributed by atoms with Gasteiger partial charge in [0.05, 0.1) is 0 Å². The highest BCUT2D eigenvalue weighted by atomic mass is 16.2. The fourth-order valence-electron chi connectivity index (χ4n) is 3.40. The zero-order chi connectivity index (χ0) is 13.9. The van der Waals surface area contributed by atoms with E-state index in [1.165, 1.54) is 19.4 Å². The number of amides is 1. The van der Waals surface area contributed by atoms with Gasteiger partial charge in [-0.05, 0) is 43.5 Å². The first-order chi connectivity index (χ1) is 9.78. The SMILES string of the molecule is NCc1cccc(C(=O)N2CCCN3CCCC3C2)c1. The van der Waals surface area contributed by atoms with Crippen LogP contribution in [0.1, 0.15) is 35.2 Å². The molecule has 108 valence electrons. The van der Waals surface area contributed by atoms with E-state index in [4.69, 9.17) is 5.73 Å². The van der Waals surface area contributed by atoms with Gasteiger partial charge in [-0.15, -0.1) is 0 Å². The maximum atomic E-state index is 12.7. The van der Waals surface area contributed by atoms with Crippen LogP contribution in [0.15, 0.2) is 24.3 Å². The van der Waals surface area contributed by atoms with Gasteiger partial charge in [-0.2, -0.15) is 0 Å². The molecular formula is C16H23N3O. The van der Waals surface area contributed by atoms with E-state index in [-0.39, 0.29) is 5.91 Å². The maximum absolute atomic E-state index is 12.7. The maximum Gasteiger partial charge on any atom is 0.253 e. The Morgan fingerprint density at radius 3 is 2.95 bits per heavy atom. The van der Waals surface area contributed by atoms with Gasteiger partial charge in [0.15, 0.2) is 0 Å². The summed E-state index contributed by atoms with van der Waals surface area (Å²) in [4.78, 5) is 17.3. The number of hydrogen-bond acceptors (Lipinski definition) is 3. The van der Waals surface area contributed by atoms with Crippen LogP contribution < -0.4 is 5.73 Å². The van der Waals surface area contributed by atoms with Crippen molar-refractivity contribution in [1.29, 1.82) is 0 Å². The largest absolute Gasteiger partial charge is 0.337 e. The van der Waals surface area contributed by atoms with Crippen LogP contribution in [0.4, 0.5) is 0 Å². The lowest BCUT2D eigenvalue weighted by molar-refractivity contribution is 0.0743. The molecule has 4 nitrogen and oxygen atoms in total. The van der Waals surface area contributed by atoms with E-state index < -0.39 is 0 Å². The highest BCUT2D eigenvalue weighted by molar-refractivity contribution is 5.94. The summed E-state index contributed by atoms with van der Waals surface area (Å²) >= 11 is 0. The Labute approximate surface area is 120 Å². The van der Waals surface area contributed by atoms with Crippen molar-refractivity contribution in [3.8, 4) is 0 Å². The molecule has 3 rings (SSSR count). The van der Waals surface area contributed by atoms with E-state index in [0.29, 0.717) is 12.6 Å². The van der Waals surface area contributed by atoms with Crippen molar-refractivity contribution in [1.82, 2.24) is 9.80 Å². The highest BCUT2D eigenvalue weighted by Gasteiger charge is 2.30. The Bertz CT molecular complexity index is 488. The molecule has 2 aliphatic heterocycles. The molecule has 1 amide bonds. The van der Waals surface area contributed by atoms with Crippen molar-refractivity contribution in [2.75, 3.05) is 26.2 Å². The van der Waals surface area contributed by atoms with Crippen molar-refractivity contribution in [3.05, 3.63) is 35.4 Å². The van der Waals surface area contributed by atoms with Crippen molar-refractivity contribution in [3.63, 3.8) is 0 Å². The molecule has 2 aliphatic rings. The van der Waals surface area contributed by atoms with Gasteiger partial charge in [0.1, 0.15) is 0 Å². The smallest absolute Gasteiger partial charge is 0.253 e. The molecule has 0 bridgehead atoms. The average Bonchev–Trinajstić information content (AvgIpc) is 2.83. The van der Waals surface area contributed by atoms with Crippen molar-refractivity contribution < 1.29 is 4.79 Å². The predicted octanol–water partition coefficient (Wildman–Crippen LogP) is 1.46. The lowest BCUT2D eigenvalue weighted by Crippen LogP contribution is -2.39. The summed E-state index contributed by atoms with van der Waals surface area (Å²) in [5, 5.41) is 0. The number of nitrogens with zero attached hydrogens (tertiary/aromatic N) is 2. The first kappa shape index (κ1) is 13.6. The summed E-state index contributed by atoms with van der Waals surface area (Å²) in [5.74, 6) is 0.161. The second-order valence-electron chi connectivity index (χ2n) is 5.84. The molecule has 2 N–H and O–H groups in total. The third kappa shape index (κ3) is 2.72. The molecule has 0 radical (unpaired) electrons. The Morgan fingerprint density at radius 2 is 2.10 bits per heavy atom. The minimum Gasteiger partial charge on any atom is -0.337 e. The van der Waals surface area contributed by atoms with Crippen LogP contribution in [0.2, 0.25) is 0 Å². The molecular weight excluding hydrogens is 250 g/mol. The molecule has 1 aromatic carbocycles. The van der Waals surface area contributed by atoms with Gasteiger partial charge in [-0.25, -0.2) is 0 Å². The van der Waals surface area contributed by atoms with E-state index in [1.807, 2.05) is 29.2 Å². The van der Waals surface area contributed by atoms with Crippen LogP contribution in [0.25, 0.3) is 0 Å².